The number of alkyl halides is 1. The van der Waals surface area contributed by atoms with Gasteiger partial charge in [0.1, 0.15) is 13.7 Å². The molecule has 1 rings (SSSR count). The van der Waals surface area contributed by atoms with E-state index in [1.165, 1.54) is 17.3 Å². The van der Waals surface area contributed by atoms with Gasteiger partial charge in [0.25, 0.3) is 0 Å². The monoisotopic (exact) mass is 394 g/mol. The molecule has 1 saturated carbocycles. The molecule has 0 bridgehead atoms. The van der Waals surface area contributed by atoms with Gasteiger partial charge >= 0.3 is 0 Å². The Kier molecular flexibility index (Phi) is 5.56. The molecule has 18 heavy (non-hydrogen) atoms. The van der Waals surface area contributed by atoms with Gasteiger partial charge in [-0.05, 0) is 38.9 Å². The van der Waals surface area contributed by atoms with Crippen molar-refractivity contribution < 1.29 is 4.43 Å². The molecule has 104 valence electrons. The van der Waals surface area contributed by atoms with Gasteiger partial charge in [-0.3, -0.25) is 0 Å². The normalized spacial score (nSPS) is 28.9. The van der Waals surface area contributed by atoms with E-state index in [1.54, 1.807) is 0 Å². The van der Waals surface area contributed by atoms with Gasteiger partial charge < -0.3 is 4.43 Å². The predicted molar refractivity (Wildman–Crippen MR) is 94.5 cm³/mol. The highest BCUT2D eigenvalue weighted by Crippen LogP contribution is 2.41. The quantitative estimate of drug-likeness (QED) is 0.292. The summed E-state index contributed by atoms with van der Waals surface area (Å²) in [5, 5.41) is 0. The molecule has 2 atom stereocenters. The van der Waals surface area contributed by atoms with E-state index >= 15 is 0 Å². The van der Waals surface area contributed by atoms with Crippen molar-refractivity contribution in [2.75, 3.05) is 4.43 Å². The Bertz CT molecular complexity index is 346. The Balaban J connectivity index is 3.05. The third kappa shape index (κ3) is 4.99. The fourth-order valence-corrected chi connectivity index (χ4v) is 5.57. The lowest BCUT2D eigenvalue weighted by molar-refractivity contribution is 0.0915. The van der Waals surface area contributed by atoms with Crippen molar-refractivity contribution in [2.24, 2.45) is 5.92 Å². The molecule has 0 aromatic heterocycles. The highest BCUT2D eigenvalue weighted by atomic mass is 127. The molecule has 1 aliphatic rings. The van der Waals surface area contributed by atoms with E-state index in [2.05, 4.69) is 73.3 Å². The summed E-state index contributed by atoms with van der Waals surface area (Å²) in [6, 6.07) is 0. The first-order valence-corrected chi connectivity index (χ1v) is 15.3. The van der Waals surface area contributed by atoms with E-state index in [-0.39, 0.29) is 5.60 Å². The van der Waals surface area contributed by atoms with Gasteiger partial charge in [-0.25, -0.2) is 0 Å². The molecular formula is C14H27IOSi2. The smallest absolute Gasteiger partial charge is 0.185 e. The van der Waals surface area contributed by atoms with Gasteiger partial charge in [0.2, 0.25) is 0 Å². The summed E-state index contributed by atoms with van der Waals surface area (Å²) in [6.07, 6.45) is 3.70. The van der Waals surface area contributed by atoms with Crippen LogP contribution in [0, 0.1) is 17.4 Å². The van der Waals surface area contributed by atoms with Crippen LogP contribution in [0.2, 0.25) is 39.3 Å². The molecule has 0 unspecified atom stereocenters. The largest absolute Gasteiger partial charge is 0.401 e. The minimum Gasteiger partial charge on any atom is -0.401 e. The molecule has 4 heteroatoms. The van der Waals surface area contributed by atoms with E-state index in [0.29, 0.717) is 5.92 Å². The second kappa shape index (κ2) is 5.98. The molecule has 0 heterocycles. The Morgan fingerprint density at radius 3 is 2.28 bits per heavy atom. The maximum absolute atomic E-state index is 6.57. The highest BCUT2D eigenvalue weighted by molar-refractivity contribution is 14.1. The van der Waals surface area contributed by atoms with Crippen LogP contribution in [0.1, 0.15) is 19.3 Å². The summed E-state index contributed by atoms with van der Waals surface area (Å²) in [5.41, 5.74) is 3.46. The zero-order valence-corrected chi connectivity index (χ0v) is 16.8. The fraction of sp³-hybridized carbons (Fsp3) is 0.857. The Morgan fingerprint density at radius 2 is 1.83 bits per heavy atom. The van der Waals surface area contributed by atoms with Crippen LogP contribution in [0.4, 0.5) is 0 Å². The van der Waals surface area contributed by atoms with Crippen molar-refractivity contribution >= 4 is 39.0 Å². The zero-order valence-electron chi connectivity index (χ0n) is 12.7. The standard InChI is InChI=1S/C14H27IOSi2/c1-17(2,3)11-10-14(16-18(4,5)6)9-7-8-13(14)12-15/h13H,7-9,12H2,1-6H3/t13-,14-/m0/s1. The van der Waals surface area contributed by atoms with E-state index < -0.39 is 16.4 Å². The molecule has 0 amide bonds. The van der Waals surface area contributed by atoms with Crippen LogP contribution in [-0.4, -0.2) is 26.4 Å². The van der Waals surface area contributed by atoms with Crippen molar-refractivity contribution in [3.63, 3.8) is 0 Å². The van der Waals surface area contributed by atoms with Crippen molar-refractivity contribution in [1.82, 2.24) is 0 Å². The number of rotatable bonds is 3. The van der Waals surface area contributed by atoms with Gasteiger partial charge in [-0.1, -0.05) is 48.2 Å². The summed E-state index contributed by atoms with van der Waals surface area (Å²) in [6.45, 7) is 13.8. The van der Waals surface area contributed by atoms with Crippen LogP contribution >= 0.6 is 22.6 Å². The zero-order chi connectivity index (χ0) is 14.0. The number of hydrogen-bond acceptors (Lipinski definition) is 1. The first-order valence-electron chi connectivity index (χ1n) is 6.88. The van der Waals surface area contributed by atoms with E-state index in [4.69, 9.17) is 4.43 Å². The molecule has 1 fully saturated rings. The Labute approximate surface area is 129 Å². The van der Waals surface area contributed by atoms with Gasteiger partial charge in [0.15, 0.2) is 8.32 Å². The first-order chi connectivity index (χ1) is 8.08. The first kappa shape index (κ1) is 16.7. The molecular weight excluding hydrogens is 367 g/mol. The molecule has 0 N–H and O–H groups in total. The molecule has 0 radical (unpaired) electrons. The average Bonchev–Trinajstić information content (AvgIpc) is 2.55. The van der Waals surface area contributed by atoms with E-state index in [1.807, 2.05) is 0 Å². The molecule has 0 aromatic carbocycles. The number of halogens is 1. The van der Waals surface area contributed by atoms with Crippen LogP contribution in [0.25, 0.3) is 0 Å². The minimum atomic E-state index is -1.54. The second-order valence-corrected chi connectivity index (χ2v) is 17.4. The van der Waals surface area contributed by atoms with Gasteiger partial charge in [-0.2, -0.15) is 0 Å². The van der Waals surface area contributed by atoms with Crippen molar-refractivity contribution in [1.29, 1.82) is 0 Å². The van der Waals surface area contributed by atoms with Crippen LogP contribution in [0.5, 0.6) is 0 Å². The third-order valence-electron chi connectivity index (χ3n) is 3.08. The summed E-state index contributed by atoms with van der Waals surface area (Å²) in [4.78, 5) is 0. The minimum absolute atomic E-state index is 0.119. The summed E-state index contributed by atoms with van der Waals surface area (Å²) in [7, 11) is -2.86. The van der Waals surface area contributed by atoms with Gasteiger partial charge in [0.05, 0.1) is 0 Å². The fourth-order valence-electron chi connectivity index (χ4n) is 2.41. The Morgan fingerprint density at radius 1 is 1.22 bits per heavy atom. The molecule has 1 aliphatic carbocycles. The lowest BCUT2D eigenvalue weighted by Gasteiger charge is -2.36. The summed E-state index contributed by atoms with van der Waals surface area (Å²) in [5.74, 6) is 4.25. The highest BCUT2D eigenvalue weighted by Gasteiger charge is 2.44. The second-order valence-electron chi connectivity index (χ2n) is 7.35. The van der Waals surface area contributed by atoms with Gasteiger partial charge in [0, 0.05) is 10.3 Å². The van der Waals surface area contributed by atoms with Gasteiger partial charge in [-0.15, -0.1) is 5.54 Å². The van der Waals surface area contributed by atoms with Crippen molar-refractivity contribution in [3.8, 4) is 11.5 Å². The van der Waals surface area contributed by atoms with E-state index in [9.17, 15) is 0 Å². The van der Waals surface area contributed by atoms with Crippen LogP contribution in [-0.2, 0) is 4.43 Å². The average molecular weight is 394 g/mol. The van der Waals surface area contributed by atoms with Crippen molar-refractivity contribution in [3.05, 3.63) is 0 Å². The lowest BCUT2D eigenvalue weighted by Crippen LogP contribution is -2.45. The molecule has 0 saturated heterocycles. The molecule has 0 spiro atoms. The summed E-state index contributed by atoms with van der Waals surface area (Å²) >= 11 is 2.51. The molecule has 1 nitrogen and oxygen atoms in total. The third-order valence-corrected chi connectivity index (χ3v) is 6.00. The molecule has 0 aromatic rings. The van der Waals surface area contributed by atoms with E-state index in [0.717, 1.165) is 6.42 Å². The van der Waals surface area contributed by atoms with Crippen LogP contribution in [0.15, 0.2) is 0 Å². The topological polar surface area (TPSA) is 9.23 Å². The van der Waals surface area contributed by atoms with Crippen LogP contribution < -0.4 is 0 Å². The Hall–Kier alpha value is 0.684. The van der Waals surface area contributed by atoms with Crippen molar-refractivity contribution in [2.45, 2.75) is 64.1 Å². The number of hydrogen-bond donors (Lipinski definition) is 0. The summed E-state index contributed by atoms with van der Waals surface area (Å²) < 4.78 is 7.74. The maximum Gasteiger partial charge on any atom is 0.185 e. The molecule has 0 aliphatic heterocycles. The van der Waals surface area contributed by atoms with Crippen LogP contribution in [0.3, 0.4) is 0 Å². The maximum atomic E-state index is 6.57. The SMILES string of the molecule is C[Si](C)(C)C#C[C@@]1(O[Si](C)(C)C)CCC[C@H]1CI. The predicted octanol–water partition coefficient (Wildman–Crippen LogP) is 4.69. The lowest BCUT2D eigenvalue weighted by atomic mass is 9.94.